The number of pyridine rings is 1. The fourth-order valence-electron chi connectivity index (χ4n) is 2.88. The normalized spacial score (nSPS) is 10.7. The first-order chi connectivity index (χ1) is 12.0. The van der Waals surface area contributed by atoms with E-state index in [0.29, 0.717) is 12.1 Å². The molecule has 1 aromatic carbocycles. The second-order valence-electron chi connectivity index (χ2n) is 6.11. The summed E-state index contributed by atoms with van der Waals surface area (Å²) in [7, 11) is 0. The maximum atomic E-state index is 12.7. The van der Waals surface area contributed by atoms with Gasteiger partial charge in [0.05, 0.1) is 17.8 Å². The standard InChI is InChI=1S/C20H20BrN3O/c1-13-10-16(21)7-8-19(13)23-20(25)18-11-14(2)24(15(18)3)12-17-6-4-5-9-22-17/h4-11H,12H2,1-3H3,(H,23,25). The summed E-state index contributed by atoms with van der Waals surface area (Å²) >= 11 is 3.44. The van der Waals surface area contributed by atoms with Crippen LogP contribution in [0.5, 0.6) is 0 Å². The summed E-state index contributed by atoms with van der Waals surface area (Å²) in [5.74, 6) is -0.0919. The second kappa shape index (κ2) is 7.23. The van der Waals surface area contributed by atoms with Crippen molar-refractivity contribution in [3.05, 3.63) is 81.3 Å². The summed E-state index contributed by atoms with van der Waals surface area (Å²) in [6, 6.07) is 13.6. The molecule has 0 saturated carbocycles. The van der Waals surface area contributed by atoms with Gasteiger partial charge in [0.15, 0.2) is 0 Å². The minimum atomic E-state index is -0.0919. The average Bonchev–Trinajstić information content (AvgIpc) is 2.86. The first-order valence-corrected chi connectivity index (χ1v) is 8.89. The Morgan fingerprint density at radius 2 is 1.96 bits per heavy atom. The van der Waals surface area contributed by atoms with Gasteiger partial charge in [0, 0.05) is 27.7 Å². The predicted octanol–water partition coefficient (Wildman–Crippen LogP) is 4.87. The van der Waals surface area contributed by atoms with E-state index in [0.717, 1.165) is 32.8 Å². The van der Waals surface area contributed by atoms with Crippen molar-refractivity contribution in [2.75, 3.05) is 5.32 Å². The average molecular weight is 398 g/mol. The lowest BCUT2D eigenvalue weighted by molar-refractivity contribution is 0.102. The van der Waals surface area contributed by atoms with E-state index in [1.54, 1.807) is 6.20 Å². The van der Waals surface area contributed by atoms with Gasteiger partial charge in [-0.25, -0.2) is 0 Å². The molecule has 0 aliphatic carbocycles. The van der Waals surface area contributed by atoms with Crippen molar-refractivity contribution in [2.24, 2.45) is 0 Å². The van der Waals surface area contributed by atoms with E-state index in [-0.39, 0.29) is 5.91 Å². The highest BCUT2D eigenvalue weighted by Gasteiger charge is 2.17. The molecule has 0 spiro atoms. The first-order valence-electron chi connectivity index (χ1n) is 8.10. The van der Waals surface area contributed by atoms with Crippen molar-refractivity contribution in [2.45, 2.75) is 27.3 Å². The number of benzene rings is 1. The van der Waals surface area contributed by atoms with E-state index in [4.69, 9.17) is 0 Å². The van der Waals surface area contributed by atoms with Crippen molar-refractivity contribution in [1.82, 2.24) is 9.55 Å². The molecule has 0 radical (unpaired) electrons. The zero-order chi connectivity index (χ0) is 18.0. The summed E-state index contributed by atoms with van der Waals surface area (Å²) < 4.78 is 3.11. The molecular weight excluding hydrogens is 378 g/mol. The maximum Gasteiger partial charge on any atom is 0.257 e. The van der Waals surface area contributed by atoms with Crippen molar-refractivity contribution in [1.29, 1.82) is 0 Å². The highest BCUT2D eigenvalue weighted by Crippen LogP contribution is 2.22. The van der Waals surface area contributed by atoms with Crippen LogP contribution < -0.4 is 5.32 Å². The lowest BCUT2D eigenvalue weighted by Gasteiger charge is -2.11. The topological polar surface area (TPSA) is 46.9 Å². The van der Waals surface area contributed by atoms with E-state index in [1.807, 2.05) is 63.2 Å². The van der Waals surface area contributed by atoms with Crippen LogP contribution in [-0.2, 0) is 6.54 Å². The van der Waals surface area contributed by atoms with E-state index in [1.165, 1.54) is 0 Å². The Balaban J connectivity index is 1.85. The molecule has 2 heterocycles. The third-order valence-electron chi connectivity index (χ3n) is 4.30. The molecule has 0 aliphatic rings. The molecule has 0 bridgehead atoms. The molecule has 1 N–H and O–H groups in total. The van der Waals surface area contributed by atoms with Crippen LogP contribution in [0, 0.1) is 20.8 Å². The Kier molecular flexibility index (Phi) is 5.04. The Bertz CT molecular complexity index is 916. The van der Waals surface area contributed by atoms with Crippen LogP contribution in [0.2, 0.25) is 0 Å². The minimum Gasteiger partial charge on any atom is -0.342 e. The number of aryl methyl sites for hydroxylation is 2. The molecule has 128 valence electrons. The molecule has 3 rings (SSSR count). The van der Waals surface area contributed by atoms with Crippen LogP contribution in [0.25, 0.3) is 0 Å². The Morgan fingerprint density at radius 3 is 2.64 bits per heavy atom. The van der Waals surface area contributed by atoms with Crippen LogP contribution in [0.15, 0.2) is 53.1 Å². The molecule has 0 saturated heterocycles. The van der Waals surface area contributed by atoms with E-state index >= 15 is 0 Å². The number of hydrogen-bond donors (Lipinski definition) is 1. The van der Waals surface area contributed by atoms with Crippen LogP contribution in [0.3, 0.4) is 0 Å². The van der Waals surface area contributed by atoms with Gasteiger partial charge in [-0.1, -0.05) is 22.0 Å². The fourth-order valence-corrected chi connectivity index (χ4v) is 3.36. The van der Waals surface area contributed by atoms with Crippen LogP contribution in [0.4, 0.5) is 5.69 Å². The SMILES string of the molecule is Cc1cc(Br)ccc1NC(=O)c1cc(C)n(Cc2ccccn2)c1C. The van der Waals surface area contributed by atoms with Gasteiger partial charge in [0.25, 0.3) is 5.91 Å². The summed E-state index contributed by atoms with van der Waals surface area (Å²) in [6.45, 7) is 6.62. The van der Waals surface area contributed by atoms with Crippen molar-refractivity contribution in [3.63, 3.8) is 0 Å². The van der Waals surface area contributed by atoms with Gasteiger partial charge in [0.1, 0.15) is 0 Å². The highest BCUT2D eigenvalue weighted by atomic mass is 79.9. The third-order valence-corrected chi connectivity index (χ3v) is 4.79. The number of nitrogens with zero attached hydrogens (tertiary/aromatic N) is 2. The molecular formula is C20H20BrN3O. The quantitative estimate of drug-likeness (QED) is 0.682. The number of halogens is 1. The van der Waals surface area contributed by atoms with Gasteiger partial charge >= 0.3 is 0 Å². The van der Waals surface area contributed by atoms with Gasteiger partial charge < -0.3 is 9.88 Å². The number of aromatic nitrogens is 2. The molecule has 0 unspecified atom stereocenters. The summed E-state index contributed by atoms with van der Waals surface area (Å²) in [5.41, 5.74) is 5.49. The Hall–Kier alpha value is -2.40. The van der Waals surface area contributed by atoms with E-state index in [9.17, 15) is 4.79 Å². The molecule has 0 fully saturated rings. The van der Waals surface area contributed by atoms with Gasteiger partial charge in [-0.05, 0) is 62.7 Å². The number of carbonyl (C=O) groups is 1. The number of amides is 1. The van der Waals surface area contributed by atoms with Gasteiger partial charge in [0.2, 0.25) is 0 Å². The monoisotopic (exact) mass is 397 g/mol. The van der Waals surface area contributed by atoms with E-state index < -0.39 is 0 Å². The van der Waals surface area contributed by atoms with Crippen molar-refractivity contribution in [3.8, 4) is 0 Å². The summed E-state index contributed by atoms with van der Waals surface area (Å²) in [5, 5.41) is 3.01. The maximum absolute atomic E-state index is 12.7. The second-order valence-corrected chi connectivity index (χ2v) is 7.02. The number of carbonyl (C=O) groups excluding carboxylic acids is 1. The van der Waals surface area contributed by atoms with Crippen molar-refractivity contribution < 1.29 is 4.79 Å². The summed E-state index contributed by atoms with van der Waals surface area (Å²) in [4.78, 5) is 17.1. The number of nitrogens with one attached hydrogen (secondary N) is 1. The minimum absolute atomic E-state index is 0.0919. The predicted molar refractivity (Wildman–Crippen MR) is 104 cm³/mol. The van der Waals surface area contributed by atoms with Crippen LogP contribution in [-0.4, -0.2) is 15.5 Å². The number of hydrogen-bond acceptors (Lipinski definition) is 2. The number of anilines is 1. The Labute approximate surface area is 156 Å². The van der Waals surface area contributed by atoms with Gasteiger partial charge in [-0.2, -0.15) is 0 Å². The lowest BCUT2D eigenvalue weighted by atomic mass is 10.1. The molecule has 5 heteroatoms. The van der Waals surface area contributed by atoms with Crippen molar-refractivity contribution >= 4 is 27.5 Å². The molecule has 0 atom stereocenters. The lowest BCUT2D eigenvalue weighted by Crippen LogP contribution is -2.14. The molecule has 2 aromatic heterocycles. The molecule has 3 aromatic rings. The largest absolute Gasteiger partial charge is 0.342 e. The van der Waals surface area contributed by atoms with E-state index in [2.05, 4.69) is 30.8 Å². The van der Waals surface area contributed by atoms with Gasteiger partial charge in [-0.15, -0.1) is 0 Å². The smallest absolute Gasteiger partial charge is 0.257 e. The van der Waals surface area contributed by atoms with Crippen LogP contribution in [0.1, 0.15) is 33.0 Å². The fraction of sp³-hybridized carbons (Fsp3) is 0.200. The highest BCUT2D eigenvalue weighted by molar-refractivity contribution is 9.10. The Morgan fingerprint density at radius 1 is 1.16 bits per heavy atom. The van der Waals surface area contributed by atoms with Gasteiger partial charge in [-0.3, -0.25) is 9.78 Å². The summed E-state index contributed by atoms with van der Waals surface area (Å²) in [6.07, 6.45) is 1.79. The zero-order valence-corrected chi connectivity index (χ0v) is 16.1. The molecule has 0 aliphatic heterocycles. The third kappa shape index (κ3) is 3.82. The molecule has 25 heavy (non-hydrogen) atoms. The molecule has 4 nitrogen and oxygen atoms in total. The number of rotatable bonds is 4. The zero-order valence-electron chi connectivity index (χ0n) is 14.5. The van der Waals surface area contributed by atoms with Crippen LogP contribution >= 0.6 is 15.9 Å². The first kappa shape index (κ1) is 17.4. The molecule has 1 amide bonds.